The van der Waals surface area contributed by atoms with Crippen molar-refractivity contribution in [2.45, 2.75) is 25.6 Å². The van der Waals surface area contributed by atoms with Crippen LogP contribution in [0.2, 0.25) is 5.02 Å². The van der Waals surface area contributed by atoms with Crippen LogP contribution < -0.4 is 5.73 Å². The fraction of sp³-hybridized carbons (Fsp3) is 0.471. The molecule has 1 unspecified atom stereocenters. The van der Waals surface area contributed by atoms with E-state index < -0.39 is 0 Å². The van der Waals surface area contributed by atoms with Crippen molar-refractivity contribution in [3.8, 4) is 0 Å². The summed E-state index contributed by atoms with van der Waals surface area (Å²) in [5, 5.41) is 0.439. The van der Waals surface area contributed by atoms with Crippen LogP contribution in [0.3, 0.4) is 0 Å². The quantitative estimate of drug-likeness (QED) is 0.780. The van der Waals surface area contributed by atoms with Crippen molar-refractivity contribution in [2.24, 2.45) is 5.73 Å². The lowest BCUT2D eigenvalue weighted by Gasteiger charge is -2.26. The van der Waals surface area contributed by atoms with Gasteiger partial charge in [-0.25, -0.2) is 0 Å². The zero-order chi connectivity index (χ0) is 16.8. The van der Waals surface area contributed by atoms with Crippen LogP contribution in [-0.2, 0) is 11.2 Å². The molecule has 4 nitrogen and oxygen atoms in total. The maximum absolute atomic E-state index is 11.7. The van der Waals surface area contributed by atoms with Gasteiger partial charge in [0, 0.05) is 35.6 Å². The average Bonchev–Trinajstić information content (AvgIpc) is 2.94. The van der Waals surface area contributed by atoms with E-state index in [1.165, 1.54) is 11.8 Å². The Hall–Kier alpha value is -1.17. The molecule has 0 aromatic heterocycles. The molecule has 1 amide bonds. The predicted octanol–water partition coefficient (Wildman–Crippen LogP) is 2.93. The molecule has 0 saturated carbocycles. The molecule has 0 fully saturated rings. The van der Waals surface area contributed by atoms with Crippen LogP contribution in [0, 0.1) is 0 Å². The second-order valence-electron chi connectivity index (χ2n) is 5.50. The molecule has 0 bridgehead atoms. The first kappa shape index (κ1) is 18.2. The monoisotopic (exact) mass is 353 g/mol. The predicted molar refractivity (Wildman–Crippen MR) is 98.3 cm³/mol. The molecule has 1 aromatic rings. The highest BCUT2D eigenvalue weighted by Crippen LogP contribution is 2.35. The summed E-state index contributed by atoms with van der Waals surface area (Å²) in [5.74, 6) is -0.292. The van der Waals surface area contributed by atoms with Gasteiger partial charge >= 0.3 is 0 Å². The highest BCUT2D eigenvalue weighted by atomic mass is 35.5. The molecule has 0 radical (unpaired) electrons. The van der Waals surface area contributed by atoms with E-state index in [1.807, 2.05) is 24.3 Å². The van der Waals surface area contributed by atoms with Gasteiger partial charge in [-0.2, -0.15) is 0 Å². The fourth-order valence-corrected chi connectivity index (χ4v) is 3.95. The molecular formula is C17H24ClN3OS. The van der Waals surface area contributed by atoms with Crippen LogP contribution >= 0.6 is 23.4 Å². The number of primary amides is 1. The van der Waals surface area contributed by atoms with Crippen molar-refractivity contribution in [3.63, 3.8) is 0 Å². The van der Waals surface area contributed by atoms with Crippen molar-refractivity contribution in [2.75, 3.05) is 26.2 Å². The highest BCUT2D eigenvalue weighted by Gasteiger charge is 2.30. The summed E-state index contributed by atoms with van der Waals surface area (Å²) < 4.78 is 0. The van der Waals surface area contributed by atoms with E-state index in [0.29, 0.717) is 0 Å². The Kier molecular flexibility index (Phi) is 6.81. The van der Waals surface area contributed by atoms with Crippen LogP contribution in [0.4, 0.5) is 0 Å². The minimum Gasteiger partial charge on any atom is -0.367 e. The molecule has 1 aliphatic rings. The maximum Gasteiger partial charge on any atom is 0.250 e. The Labute approximate surface area is 147 Å². The summed E-state index contributed by atoms with van der Waals surface area (Å²) in [5.41, 5.74) is 6.64. The lowest BCUT2D eigenvalue weighted by Crippen LogP contribution is -2.41. The zero-order valence-electron chi connectivity index (χ0n) is 13.7. The van der Waals surface area contributed by atoms with E-state index >= 15 is 0 Å². The van der Waals surface area contributed by atoms with Crippen LogP contribution in [0.15, 0.2) is 35.4 Å². The molecule has 0 spiro atoms. The number of rotatable bonds is 8. The van der Waals surface area contributed by atoms with Gasteiger partial charge in [0.1, 0.15) is 0 Å². The average molecular weight is 354 g/mol. The smallest absolute Gasteiger partial charge is 0.250 e. The fourth-order valence-electron chi connectivity index (χ4n) is 2.61. The second-order valence-corrected chi connectivity index (χ2v) is 7.11. The Morgan fingerprint density at radius 2 is 2.04 bits per heavy atom. The molecule has 1 atom stereocenters. The van der Waals surface area contributed by atoms with Crippen LogP contribution in [0.25, 0.3) is 0 Å². The topological polar surface area (TPSA) is 49.6 Å². The zero-order valence-corrected chi connectivity index (χ0v) is 15.2. The van der Waals surface area contributed by atoms with Gasteiger partial charge in [-0.1, -0.05) is 55.4 Å². The third-order valence-electron chi connectivity index (χ3n) is 4.01. The minimum atomic E-state index is -0.317. The highest BCUT2D eigenvalue weighted by molar-refractivity contribution is 8.04. The summed E-state index contributed by atoms with van der Waals surface area (Å²) in [6, 6.07) is 7.80. The van der Waals surface area contributed by atoms with Gasteiger partial charge in [0.15, 0.2) is 5.37 Å². The number of hydrogen-bond donors (Lipinski definition) is 1. The lowest BCUT2D eigenvalue weighted by atomic mass is 10.1. The van der Waals surface area contributed by atoms with E-state index in [2.05, 4.69) is 29.8 Å². The van der Waals surface area contributed by atoms with Gasteiger partial charge < -0.3 is 15.5 Å². The largest absolute Gasteiger partial charge is 0.367 e. The van der Waals surface area contributed by atoms with Gasteiger partial charge in [0.2, 0.25) is 0 Å². The molecule has 23 heavy (non-hydrogen) atoms. The molecule has 2 rings (SSSR count). The van der Waals surface area contributed by atoms with Crippen LogP contribution in [-0.4, -0.2) is 47.3 Å². The number of thioether (sulfide) groups is 1. The van der Waals surface area contributed by atoms with Gasteiger partial charge in [0.05, 0.1) is 0 Å². The summed E-state index contributed by atoms with van der Waals surface area (Å²) in [4.78, 5) is 17.3. The third kappa shape index (κ3) is 4.90. The standard InChI is InChI=1S/C17H24ClN3OS/c1-3-20(4-2)9-10-21-12-14(23-17(21)16(19)22)11-13-7-5-6-8-15(13)18/h5-8,12,17H,3-4,9-11H2,1-2H3,(H2,19,22). The van der Waals surface area contributed by atoms with E-state index in [9.17, 15) is 4.79 Å². The van der Waals surface area contributed by atoms with E-state index in [0.717, 1.165) is 48.1 Å². The minimum absolute atomic E-state index is 0.292. The van der Waals surface area contributed by atoms with Crippen LogP contribution in [0.1, 0.15) is 19.4 Å². The number of nitrogens with two attached hydrogens (primary N) is 1. The van der Waals surface area contributed by atoms with Gasteiger partial charge in [-0.05, 0) is 24.7 Å². The number of benzene rings is 1. The van der Waals surface area contributed by atoms with Crippen LogP contribution in [0.5, 0.6) is 0 Å². The normalized spacial score (nSPS) is 17.7. The first-order chi connectivity index (χ1) is 11.0. The first-order valence-corrected chi connectivity index (χ1v) is 9.19. The summed E-state index contributed by atoms with van der Waals surface area (Å²) >= 11 is 7.76. The molecule has 0 saturated heterocycles. The molecule has 0 aliphatic carbocycles. The molecule has 126 valence electrons. The Morgan fingerprint density at radius 1 is 1.35 bits per heavy atom. The number of likely N-dealkylation sites (N-methyl/N-ethyl adjacent to an activating group) is 1. The van der Waals surface area contributed by atoms with Crippen molar-refractivity contribution >= 4 is 29.3 Å². The van der Waals surface area contributed by atoms with Crippen molar-refractivity contribution in [1.82, 2.24) is 9.80 Å². The molecule has 1 aliphatic heterocycles. The molecule has 2 N–H and O–H groups in total. The van der Waals surface area contributed by atoms with Gasteiger partial charge in [-0.3, -0.25) is 4.79 Å². The first-order valence-electron chi connectivity index (χ1n) is 7.93. The third-order valence-corrected chi connectivity index (χ3v) is 5.66. The number of allylic oxidation sites excluding steroid dienone is 1. The lowest BCUT2D eigenvalue weighted by molar-refractivity contribution is -0.119. The van der Waals surface area contributed by atoms with E-state index in [1.54, 1.807) is 0 Å². The summed E-state index contributed by atoms with van der Waals surface area (Å²) in [6.45, 7) is 8.03. The second kappa shape index (κ2) is 8.62. The number of carbonyl (C=O) groups excluding carboxylic acids is 1. The Bertz CT molecular complexity index is 575. The van der Waals surface area contributed by atoms with Crippen molar-refractivity contribution in [3.05, 3.63) is 46.0 Å². The van der Waals surface area contributed by atoms with Gasteiger partial charge in [0.25, 0.3) is 5.91 Å². The number of hydrogen-bond acceptors (Lipinski definition) is 4. The van der Waals surface area contributed by atoms with Crippen molar-refractivity contribution in [1.29, 1.82) is 0 Å². The van der Waals surface area contributed by atoms with Crippen molar-refractivity contribution < 1.29 is 4.79 Å². The molecular weight excluding hydrogens is 330 g/mol. The Morgan fingerprint density at radius 3 is 2.65 bits per heavy atom. The number of carbonyl (C=O) groups is 1. The number of halogens is 1. The molecule has 1 aromatic carbocycles. The SMILES string of the molecule is CCN(CC)CCN1C=C(Cc2ccccc2Cl)SC1C(N)=O. The van der Waals surface area contributed by atoms with E-state index in [4.69, 9.17) is 17.3 Å². The summed E-state index contributed by atoms with van der Waals surface area (Å²) in [7, 11) is 0. The Balaban J connectivity index is 2.05. The van der Waals surface area contributed by atoms with E-state index in [-0.39, 0.29) is 11.3 Å². The molecule has 6 heteroatoms. The number of nitrogens with zero attached hydrogens (tertiary/aromatic N) is 2. The number of amides is 1. The molecule has 1 heterocycles. The van der Waals surface area contributed by atoms with Gasteiger partial charge in [-0.15, -0.1) is 0 Å². The summed E-state index contributed by atoms with van der Waals surface area (Å²) in [6.07, 6.45) is 2.79. The maximum atomic E-state index is 11.7.